The lowest BCUT2D eigenvalue weighted by Gasteiger charge is -2.09. The van der Waals surface area contributed by atoms with Crippen LogP contribution in [0, 0.1) is 5.82 Å². The van der Waals surface area contributed by atoms with Gasteiger partial charge in [-0.15, -0.1) is 5.10 Å². The van der Waals surface area contributed by atoms with Crippen LogP contribution in [-0.4, -0.2) is 37.1 Å². The average Bonchev–Trinajstić information content (AvgIpc) is 3.35. The minimum absolute atomic E-state index is 0.173. The minimum atomic E-state index is -0.511. The van der Waals surface area contributed by atoms with E-state index in [1.807, 2.05) is 30.3 Å². The van der Waals surface area contributed by atoms with Gasteiger partial charge in [-0.25, -0.2) is 18.9 Å². The van der Waals surface area contributed by atoms with Crippen LogP contribution in [0.2, 0.25) is 0 Å². The number of para-hydroxylation sites is 1. The van der Waals surface area contributed by atoms with Crippen LogP contribution in [0.25, 0.3) is 11.4 Å². The lowest BCUT2D eigenvalue weighted by molar-refractivity contribution is 0.0519. The van der Waals surface area contributed by atoms with E-state index in [-0.39, 0.29) is 18.9 Å². The Morgan fingerprint density at radius 3 is 2.77 bits per heavy atom. The molecule has 1 aliphatic heterocycles. The number of nitrogens with zero attached hydrogens (tertiary/aromatic N) is 5. The van der Waals surface area contributed by atoms with E-state index in [4.69, 9.17) is 9.47 Å². The molecule has 0 unspecified atom stereocenters. The molecule has 2 aromatic carbocycles. The van der Waals surface area contributed by atoms with Gasteiger partial charge < -0.3 is 9.47 Å². The summed E-state index contributed by atoms with van der Waals surface area (Å²) in [7, 11) is 0. The molecule has 2 aromatic heterocycles. The van der Waals surface area contributed by atoms with Crippen molar-refractivity contribution in [2.75, 3.05) is 6.61 Å². The van der Waals surface area contributed by atoms with Crippen molar-refractivity contribution in [2.24, 2.45) is 0 Å². The molecule has 0 amide bonds. The molecule has 0 fully saturated rings. The van der Waals surface area contributed by atoms with Crippen molar-refractivity contribution in [1.82, 2.24) is 24.5 Å². The molecule has 31 heavy (non-hydrogen) atoms. The van der Waals surface area contributed by atoms with E-state index in [0.29, 0.717) is 40.6 Å². The smallest absolute Gasteiger partial charge is 0.358 e. The van der Waals surface area contributed by atoms with Crippen LogP contribution >= 0.6 is 0 Å². The summed E-state index contributed by atoms with van der Waals surface area (Å²) in [5.41, 5.74) is 3.24. The molecule has 0 bridgehead atoms. The number of benzene rings is 2. The highest BCUT2D eigenvalue weighted by Gasteiger charge is 2.29. The molecule has 156 valence electrons. The van der Waals surface area contributed by atoms with E-state index in [1.54, 1.807) is 28.6 Å². The summed E-state index contributed by atoms with van der Waals surface area (Å²) in [4.78, 5) is 16.8. The number of ether oxygens (including phenoxy) is 2. The normalized spacial score (nSPS) is 11.8. The Balaban J connectivity index is 1.61. The molecular weight excluding hydrogens is 401 g/mol. The number of imidazole rings is 1. The van der Waals surface area contributed by atoms with E-state index in [9.17, 15) is 9.18 Å². The van der Waals surface area contributed by atoms with Crippen LogP contribution in [0.3, 0.4) is 0 Å². The van der Waals surface area contributed by atoms with Crippen LogP contribution < -0.4 is 4.74 Å². The number of esters is 1. The fourth-order valence-electron chi connectivity index (χ4n) is 3.63. The number of rotatable bonds is 5. The largest absolute Gasteiger partial charge is 0.487 e. The SMILES string of the molecule is CCOC(=O)c1ncn2c1Cc1c(COc3ccccc3)nnn1-c1cc(F)ccc1-2. The third-order valence-electron chi connectivity index (χ3n) is 5.06. The molecule has 0 saturated heterocycles. The van der Waals surface area contributed by atoms with E-state index in [2.05, 4.69) is 15.3 Å². The van der Waals surface area contributed by atoms with Crippen molar-refractivity contribution in [2.45, 2.75) is 20.0 Å². The highest BCUT2D eigenvalue weighted by Crippen LogP contribution is 2.31. The summed E-state index contributed by atoms with van der Waals surface area (Å²) >= 11 is 0. The third kappa shape index (κ3) is 3.33. The van der Waals surface area contributed by atoms with Gasteiger partial charge in [0.15, 0.2) is 5.69 Å². The third-order valence-corrected chi connectivity index (χ3v) is 5.06. The Labute approximate surface area is 176 Å². The first-order chi connectivity index (χ1) is 15.2. The quantitative estimate of drug-likeness (QED) is 0.407. The predicted octanol–water partition coefficient (Wildman–Crippen LogP) is 3.25. The number of carbonyl (C=O) groups excluding carboxylic acids is 1. The second kappa shape index (κ2) is 7.67. The summed E-state index contributed by atoms with van der Waals surface area (Å²) in [5.74, 6) is -0.221. The molecule has 0 saturated carbocycles. The zero-order valence-corrected chi connectivity index (χ0v) is 16.7. The number of hydrogen-bond acceptors (Lipinski definition) is 6. The molecule has 3 heterocycles. The van der Waals surface area contributed by atoms with E-state index in [0.717, 1.165) is 0 Å². The van der Waals surface area contributed by atoms with Crippen LogP contribution in [-0.2, 0) is 17.8 Å². The zero-order valence-electron chi connectivity index (χ0n) is 16.7. The fourth-order valence-corrected chi connectivity index (χ4v) is 3.63. The Hall–Kier alpha value is -4.01. The van der Waals surface area contributed by atoms with Gasteiger partial charge in [0.2, 0.25) is 0 Å². The van der Waals surface area contributed by atoms with Gasteiger partial charge in [-0.2, -0.15) is 0 Å². The summed E-state index contributed by atoms with van der Waals surface area (Å²) in [6.45, 7) is 2.15. The van der Waals surface area contributed by atoms with Crippen LogP contribution in [0.15, 0.2) is 54.9 Å². The molecule has 1 aliphatic rings. The van der Waals surface area contributed by atoms with E-state index in [1.165, 1.54) is 12.1 Å². The maximum absolute atomic E-state index is 14.1. The van der Waals surface area contributed by atoms with Crippen molar-refractivity contribution >= 4 is 5.97 Å². The predicted molar refractivity (Wildman–Crippen MR) is 108 cm³/mol. The Morgan fingerprint density at radius 1 is 1.13 bits per heavy atom. The first-order valence-electron chi connectivity index (χ1n) is 9.80. The summed E-state index contributed by atoms with van der Waals surface area (Å²) in [6, 6.07) is 13.7. The van der Waals surface area contributed by atoms with Crippen molar-refractivity contribution in [3.8, 4) is 17.1 Å². The molecule has 9 heteroatoms. The van der Waals surface area contributed by atoms with Crippen molar-refractivity contribution in [3.63, 3.8) is 0 Å². The van der Waals surface area contributed by atoms with Crippen LogP contribution in [0.5, 0.6) is 5.75 Å². The Morgan fingerprint density at radius 2 is 1.97 bits per heavy atom. The summed E-state index contributed by atoms with van der Waals surface area (Å²) < 4.78 is 28.5. The van der Waals surface area contributed by atoms with Crippen LogP contribution in [0.1, 0.15) is 34.5 Å². The maximum Gasteiger partial charge on any atom is 0.358 e. The van der Waals surface area contributed by atoms with Gasteiger partial charge in [-0.05, 0) is 31.2 Å². The average molecular weight is 419 g/mol. The Kier molecular flexibility index (Phi) is 4.70. The van der Waals surface area contributed by atoms with Gasteiger partial charge in [-0.3, -0.25) is 4.57 Å². The highest BCUT2D eigenvalue weighted by atomic mass is 19.1. The maximum atomic E-state index is 14.1. The molecule has 5 rings (SSSR count). The molecule has 0 atom stereocenters. The van der Waals surface area contributed by atoms with Crippen LogP contribution in [0.4, 0.5) is 4.39 Å². The second-order valence-corrected chi connectivity index (χ2v) is 6.94. The number of carbonyl (C=O) groups is 1. The molecular formula is C22H18FN5O3. The molecule has 0 N–H and O–H groups in total. The molecule has 8 nitrogen and oxygen atoms in total. The van der Waals surface area contributed by atoms with Gasteiger partial charge in [-0.1, -0.05) is 23.4 Å². The first-order valence-corrected chi connectivity index (χ1v) is 9.80. The van der Waals surface area contributed by atoms with E-state index < -0.39 is 11.8 Å². The topological polar surface area (TPSA) is 84.1 Å². The minimum Gasteiger partial charge on any atom is -0.487 e. The Bertz CT molecular complexity index is 1270. The van der Waals surface area contributed by atoms with Crippen molar-refractivity contribution in [1.29, 1.82) is 0 Å². The van der Waals surface area contributed by atoms with Crippen molar-refractivity contribution in [3.05, 3.63) is 83.5 Å². The van der Waals surface area contributed by atoms with Gasteiger partial charge >= 0.3 is 5.97 Å². The second-order valence-electron chi connectivity index (χ2n) is 6.94. The highest BCUT2D eigenvalue weighted by molar-refractivity contribution is 5.89. The van der Waals surface area contributed by atoms with Gasteiger partial charge in [0, 0.05) is 12.5 Å². The lowest BCUT2D eigenvalue weighted by atomic mass is 10.1. The monoisotopic (exact) mass is 419 g/mol. The number of halogens is 1. The number of hydrogen-bond donors (Lipinski definition) is 0. The molecule has 0 spiro atoms. The zero-order chi connectivity index (χ0) is 21.4. The number of aromatic nitrogens is 5. The van der Waals surface area contributed by atoms with Crippen molar-refractivity contribution < 1.29 is 18.7 Å². The molecule has 0 aliphatic carbocycles. The van der Waals surface area contributed by atoms with Gasteiger partial charge in [0.1, 0.15) is 30.2 Å². The molecule has 4 aromatic rings. The number of fused-ring (bicyclic) bond motifs is 5. The molecule has 0 radical (unpaired) electrons. The van der Waals surface area contributed by atoms with Gasteiger partial charge in [0.25, 0.3) is 0 Å². The fraction of sp³-hybridized carbons (Fsp3) is 0.182. The summed E-state index contributed by atoms with van der Waals surface area (Å²) in [6.07, 6.45) is 1.84. The van der Waals surface area contributed by atoms with E-state index >= 15 is 0 Å². The lowest BCUT2D eigenvalue weighted by Crippen LogP contribution is -2.11. The first kappa shape index (κ1) is 19.0. The van der Waals surface area contributed by atoms with Gasteiger partial charge in [0.05, 0.1) is 29.4 Å². The summed E-state index contributed by atoms with van der Waals surface area (Å²) in [5, 5.41) is 8.53. The standard InChI is InChI=1S/C22H18FN5O3/c1-2-30-22(29)21-20-11-18-16(12-31-15-6-4-3-5-7-15)25-26-28(18)19-10-14(23)8-9-17(19)27(20)13-24-21/h3-10,13H,2,11-12H2,1H3.